The van der Waals surface area contributed by atoms with Crippen LogP contribution in [0.1, 0.15) is 0 Å². The zero-order chi connectivity index (χ0) is 38.8. The third-order valence-electron chi connectivity index (χ3n) is 13.9. The van der Waals surface area contributed by atoms with Gasteiger partial charge in [-0.25, -0.2) is 0 Å². The van der Waals surface area contributed by atoms with Crippen LogP contribution in [0.3, 0.4) is 0 Å². The molecule has 0 amide bonds. The fourth-order valence-electron chi connectivity index (χ4n) is 11.7. The van der Waals surface area contributed by atoms with Crippen molar-refractivity contribution in [2.75, 3.05) is 4.90 Å². The summed E-state index contributed by atoms with van der Waals surface area (Å²) in [6.07, 6.45) is 0. The van der Waals surface area contributed by atoms with E-state index in [9.17, 15) is 0 Å². The van der Waals surface area contributed by atoms with E-state index in [1.54, 1.807) is 0 Å². The third-order valence-corrected chi connectivity index (χ3v) is 13.9. The first kappa shape index (κ1) is 31.2. The van der Waals surface area contributed by atoms with Crippen molar-refractivity contribution < 1.29 is 4.42 Å². The molecule has 2 aliphatic heterocycles. The minimum atomic E-state index is -0.105. The maximum atomic E-state index is 7.21. The average Bonchev–Trinajstić information content (AvgIpc) is 3.87. The molecule has 0 saturated carbocycles. The van der Waals surface area contributed by atoms with Gasteiger partial charge in [-0.3, -0.25) is 0 Å². The summed E-state index contributed by atoms with van der Waals surface area (Å²) < 4.78 is 9.77. The molecular weight excluding hydrogens is 727 g/mol. The molecule has 0 saturated heterocycles. The van der Waals surface area contributed by atoms with E-state index in [0.29, 0.717) is 0 Å². The highest BCUT2D eigenvalue weighted by Crippen LogP contribution is 2.50. The molecule has 0 unspecified atom stereocenters. The van der Waals surface area contributed by atoms with Gasteiger partial charge in [0.1, 0.15) is 5.58 Å². The van der Waals surface area contributed by atoms with Gasteiger partial charge in [-0.1, -0.05) is 152 Å². The van der Waals surface area contributed by atoms with Crippen molar-refractivity contribution in [2.24, 2.45) is 0 Å². The molecule has 4 heteroatoms. The van der Waals surface area contributed by atoms with Crippen LogP contribution in [-0.2, 0) is 0 Å². The number of nitrogens with zero attached hydrogens (tertiary/aromatic N) is 2. The zero-order valence-corrected chi connectivity index (χ0v) is 32.3. The van der Waals surface area contributed by atoms with Crippen molar-refractivity contribution in [3.8, 4) is 5.69 Å². The summed E-state index contributed by atoms with van der Waals surface area (Å²) in [4.78, 5) is 2.53. The Hall–Kier alpha value is -7.82. The fourth-order valence-corrected chi connectivity index (χ4v) is 11.7. The second kappa shape index (κ2) is 11.0. The van der Waals surface area contributed by atoms with Gasteiger partial charge in [0.15, 0.2) is 0 Å². The molecule has 0 radical (unpaired) electrons. The zero-order valence-electron chi connectivity index (χ0n) is 32.3. The second-order valence-corrected chi connectivity index (χ2v) is 16.6. The summed E-state index contributed by atoms with van der Waals surface area (Å²) in [6, 6.07) is 69.7. The van der Waals surface area contributed by atoms with E-state index in [0.717, 1.165) is 28.0 Å². The van der Waals surface area contributed by atoms with E-state index >= 15 is 0 Å². The molecule has 15 rings (SSSR count). The lowest BCUT2D eigenvalue weighted by Crippen LogP contribution is -2.59. The van der Waals surface area contributed by atoms with Gasteiger partial charge in [0.2, 0.25) is 0 Å². The number of anilines is 3. The molecule has 0 atom stereocenters. The quantitative estimate of drug-likeness (QED) is 0.123. The van der Waals surface area contributed by atoms with Gasteiger partial charge in [-0.15, -0.1) is 0 Å². The Morgan fingerprint density at radius 1 is 0.350 bits per heavy atom. The van der Waals surface area contributed by atoms with Crippen LogP contribution in [0.2, 0.25) is 0 Å². The summed E-state index contributed by atoms with van der Waals surface area (Å²) >= 11 is 0. The van der Waals surface area contributed by atoms with Gasteiger partial charge < -0.3 is 13.9 Å². The van der Waals surface area contributed by atoms with Crippen molar-refractivity contribution in [3.05, 3.63) is 188 Å². The van der Waals surface area contributed by atoms with Gasteiger partial charge >= 0.3 is 0 Å². The lowest BCUT2D eigenvalue weighted by atomic mass is 9.36. The van der Waals surface area contributed by atoms with Crippen LogP contribution in [0.25, 0.3) is 103 Å². The number of fused-ring (bicyclic) bond motifs is 22. The first-order valence-electron chi connectivity index (χ1n) is 20.9. The molecule has 2 aliphatic rings. The van der Waals surface area contributed by atoms with E-state index in [1.165, 1.54) is 109 Å². The Kier molecular flexibility index (Phi) is 5.73. The van der Waals surface area contributed by atoms with E-state index in [4.69, 9.17) is 4.42 Å². The van der Waals surface area contributed by atoms with Gasteiger partial charge in [-0.05, 0) is 101 Å². The van der Waals surface area contributed by atoms with Crippen molar-refractivity contribution >= 4 is 138 Å². The van der Waals surface area contributed by atoms with Crippen LogP contribution in [0.5, 0.6) is 0 Å². The predicted molar refractivity (Wildman–Crippen MR) is 255 cm³/mol. The summed E-state index contributed by atoms with van der Waals surface area (Å²) in [5.41, 5.74) is 11.6. The Labute approximate surface area is 344 Å². The van der Waals surface area contributed by atoms with E-state index in [1.807, 2.05) is 0 Å². The van der Waals surface area contributed by atoms with Crippen LogP contribution in [0, 0.1) is 0 Å². The molecule has 3 nitrogen and oxygen atoms in total. The molecule has 2 aromatic heterocycles. The van der Waals surface area contributed by atoms with Crippen LogP contribution in [0.15, 0.2) is 192 Å². The molecule has 0 spiro atoms. The summed E-state index contributed by atoms with van der Waals surface area (Å²) in [6.45, 7) is -0.105. The first-order valence-corrected chi connectivity index (χ1v) is 20.9. The van der Waals surface area contributed by atoms with Crippen molar-refractivity contribution in [2.45, 2.75) is 0 Å². The lowest BCUT2D eigenvalue weighted by Gasteiger charge is -2.38. The number of rotatable bonds is 1. The van der Waals surface area contributed by atoms with E-state index in [2.05, 4.69) is 198 Å². The van der Waals surface area contributed by atoms with Gasteiger partial charge in [-0.2, -0.15) is 0 Å². The average molecular weight is 759 g/mol. The minimum absolute atomic E-state index is 0.105. The van der Waals surface area contributed by atoms with Crippen LogP contribution in [0.4, 0.5) is 17.1 Å². The van der Waals surface area contributed by atoms with Crippen molar-refractivity contribution in [1.82, 2.24) is 4.57 Å². The van der Waals surface area contributed by atoms with Crippen molar-refractivity contribution in [1.29, 1.82) is 0 Å². The van der Waals surface area contributed by atoms with Gasteiger partial charge in [0.25, 0.3) is 6.71 Å². The predicted octanol–water partition coefficient (Wildman–Crippen LogP) is 13.1. The monoisotopic (exact) mass is 758 g/mol. The van der Waals surface area contributed by atoms with Crippen LogP contribution >= 0.6 is 0 Å². The van der Waals surface area contributed by atoms with Gasteiger partial charge in [0, 0.05) is 43.8 Å². The highest BCUT2D eigenvalue weighted by molar-refractivity contribution is 7.00. The Morgan fingerprint density at radius 3 is 1.52 bits per heavy atom. The molecule has 274 valence electrons. The number of benzene rings is 11. The molecule has 0 N–H and O–H groups in total. The number of para-hydroxylation sites is 2. The first-order chi connectivity index (χ1) is 29.8. The smallest absolute Gasteiger partial charge is 0.297 e. The standard InChI is InChI=1S/C56H31BN2O/c1-3-16-35-32(14-1)34-17-5-7-20-38(34)50-39(35)23-12-26-45(50)59-48-28-13-27-47-53(48)57(56-55(59)42-22-9-10-29-49(42)60-56)44-25-11-24-43-52-46(58(47)54(43)44)31-30-41-37-19-4-2-15-33(37)36-18-6-8-21-40(36)51(41)52/h1-31H. The number of aromatic nitrogens is 1. The molecule has 60 heavy (non-hydrogen) atoms. The van der Waals surface area contributed by atoms with E-state index in [-0.39, 0.29) is 6.71 Å². The normalized spacial score (nSPS) is 13.3. The fraction of sp³-hybridized carbons (Fsp3) is 0. The lowest BCUT2D eigenvalue weighted by molar-refractivity contribution is 0.651. The second-order valence-electron chi connectivity index (χ2n) is 16.6. The van der Waals surface area contributed by atoms with Crippen molar-refractivity contribution in [3.63, 3.8) is 0 Å². The molecule has 0 aliphatic carbocycles. The molecule has 11 aromatic carbocycles. The largest absolute Gasteiger partial charge is 0.468 e. The van der Waals surface area contributed by atoms with Crippen LogP contribution in [-0.4, -0.2) is 11.3 Å². The Balaban J connectivity index is 1.12. The van der Waals surface area contributed by atoms with E-state index < -0.39 is 0 Å². The number of hydrogen-bond donors (Lipinski definition) is 0. The Morgan fingerprint density at radius 2 is 0.833 bits per heavy atom. The molecule has 4 heterocycles. The maximum absolute atomic E-state index is 7.21. The number of furan rings is 1. The SMILES string of the molecule is c1cc2c3c(c1)-n1c4ccc5c6ccccc6c6ccccc6c5c4c4cccc(c41)B3c1oc3ccccc3c1N2c1cccc2c3ccccc3c3ccccc3c12. The summed E-state index contributed by atoms with van der Waals surface area (Å²) in [5.74, 6) is 0. The molecule has 13 aromatic rings. The van der Waals surface area contributed by atoms with Gasteiger partial charge in [0.05, 0.1) is 22.6 Å². The molecule has 0 bridgehead atoms. The topological polar surface area (TPSA) is 21.3 Å². The summed E-state index contributed by atoms with van der Waals surface area (Å²) in [7, 11) is 0. The third kappa shape index (κ3) is 3.66. The Bertz CT molecular complexity index is 4020. The molecule has 0 fully saturated rings. The highest BCUT2D eigenvalue weighted by Gasteiger charge is 2.45. The number of hydrogen-bond acceptors (Lipinski definition) is 2. The maximum Gasteiger partial charge on any atom is 0.297 e. The minimum Gasteiger partial charge on any atom is -0.468 e. The molecular formula is C56H31BN2O. The summed E-state index contributed by atoms with van der Waals surface area (Å²) in [5, 5.41) is 19.0. The van der Waals surface area contributed by atoms with Crippen LogP contribution < -0.4 is 21.5 Å². The highest BCUT2D eigenvalue weighted by atomic mass is 16.3.